The number of piperazine rings is 1. The number of hydrogen-bond donors (Lipinski definition) is 1. The SMILES string of the molecule is c1cc(CN2CCN([C@@H]3CCNC3)CC2)c2nonc2c1. The molecule has 0 radical (unpaired) electrons. The molecule has 0 spiro atoms. The van der Waals surface area contributed by atoms with Gasteiger partial charge in [0.25, 0.3) is 0 Å². The van der Waals surface area contributed by atoms with Crippen LogP contribution in [0, 0.1) is 0 Å². The van der Waals surface area contributed by atoms with Gasteiger partial charge >= 0.3 is 0 Å². The van der Waals surface area contributed by atoms with Crippen LogP contribution in [0.15, 0.2) is 22.8 Å². The number of aromatic nitrogens is 2. The maximum Gasteiger partial charge on any atom is 0.139 e. The van der Waals surface area contributed by atoms with Gasteiger partial charge in [0, 0.05) is 45.3 Å². The summed E-state index contributed by atoms with van der Waals surface area (Å²) in [5.41, 5.74) is 2.97. The fourth-order valence-corrected chi connectivity index (χ4v) is 3.47. The van der Waals surface area contributed by atoms with Gasteiger partial charge in [-0.1, -0.05) is 12.1 Å². The Morgan fingerprint density at radius 3 is 2.90 bits per heavy atom. The maximum atomic E-state index is 4.85. The molecule has 2 saturated heterocycles. The molecule has 0 aliphatic carbocycles. The first-order valence-corrected chi connectivity index (χ1v) is 7.77. The topological polar surface area (TPSA) is 57.4 Å². The molecule has 4 rings (SSSR count). The molecular formula is C15H21N5O. The molecule has 0 unspecified atom stereocenters. The van der Waals surface area contributed by atoms with Crippen molar-refractivity contribution in [2.45, 2.75) is 19.0 Å². The lowest BCUT2D eigenvalue weighted by molar-refractivity contribution is 0.0983. The van der Waals surface area contributed by atoms with Gasteiger partial charge in [0.2, 0.25) is 0 Å². The minimum Gasteiger partial charge on any atom is -0.315 e. The lowest BCUT2D eigenvalue weighted by Crippen LogP contribution is -2.50. The third-order valence-electron chi connectivity index (χ3n) is 4.72. The summed E-state index contributed by atoms with van der Waals surface area (Å²) in [5, 5.41) is 11.4. The lowest BCUT2D eigenvalue weighted by atomic mass is 10.1. The van der Waals surface area contributed by atoms with Gasteiger partial charge in [-0.25, -0.2) is 4.63 Å². The fraction of sp³-hybridized carbons (Fsp3) is 0.600. The number of rotatable bonds is 3. The van der Waals surface area contributed by atoms with Gasteiger partial charge in [0.05, 0.1) is 0 Å². The quantitative estimate of drug-likeness (QED) is 0.897. The summed E-state index contributed by atoms with van der Waals surface area (Å²) in [6.45, 7) is 7.84. The van der Waals surface area contributed by atoms with Gasteiger partial charge in [-0.15, -0.1) is 0 Å². The van der Waals surface area contributed by atoms with E-state index in [2.05, 4.69) is 31.5 Å². The smallest absolute Gasteiger partial charge is 0.139 e. The summed E-state index contributed by atoms with van der Waals surface area (Å²) in [4.78, 5) is 5.14. The van der Waals surface area contributed by atoms with Gasteiger partial charge in [-0.3, -0.25) is 9.80 Å². The van der Waals surface area contributed by atoms with E-state index in [0.29, 0.717) is 0 Å². The van der Waals surface area contributed by atoms with Crippen LogP contribution in [0.4, 0.5) is 0 Å². The van der Waals surface area contributed by atoms with E-state index in [1.54, 1.807) is 0 Å². The Balaban J connectivity index is 1.39. The largest absolute Gasteiger partial charge is 0.315 e. The Morgan fingerprint density at radius 1 is 1.19 bits per heavy atom. The van der Waals surface area contributed by atoms with E-state index >= 15 is 0 Å². The number of benzene rings is 1. The second-order valence-electron chi connectivity index (χ2n) is 6.01. The highest BCUT2D eigenvalue weighted by Crippen LogP contribution is 2.18. The third kappa shape index (κ3) is 2.66. The molecule has 2 fully saturated rings. The molecule has 6 nitrogen and oxygen atoms in total. The summed E-state index contributed by atoms with van der Waals surface area (Å²) in [6, 6.07) is 6.85. The van der Waals surface area contributed by atoms with Gasteiger partial charge in [0.1, 0.15) is 11.0 Å². The van der Waals surface area contributed by atoms with Crippen molar-refractivity contribution in [1.29, 1.82) is 0 Å². The van der Waals surface area contributed by atoms with E-state index < -0.39 is 0 Å². The first kappa shape index (κ1) is 13.2. The van der Waals surface area contributed by atoms with Gasteiger partial charge in [0.15, 0.2) is 0 Å². The minimum absolute atomic E-state index is 0.746. The third-order valence-corrected chi connectivity index (χ3v) is 4.72. The summed E-state index contributed by atoms with van der Waals surface area (Å²) >= 11 is 0. The van der Waals surface area contributed by atoms with E-state index in [1.807, 2.05) is 12.1 Å². The maximum absolute atomic E-state index is 4.85. The summed E-state index contributed by atoms with van der Waals surface area (Å²) in [5.74, 6) is 0. The Bertz CT molecular complexity index is 599. The summed E-state index contributed by atoms with van der Waals surface area (Å²) in [7, 11) is 0. The van der Waals surface area contributed by atoms with Crippen LogP contribution in [-0.4, -0.2) is 65.4 Å². The zero-order chi connectivity index (χ0) is 14.1. The standard InChI is InChI=1S/C15H21N5O/c1-2-12(15-14(3-1)17-21-18-15)11-19-6-8-20(9-7-19)13-4-5-16-10-13/h1-3,13,16H,4-11H2/t13-/m1/s1. The summed E-state index contributed by atoms with van der Waals surface area (Å²) < 4.78 is 4.85. The van der Waals surface area contributed by atoms with Crippen LogP contribution >= 0.6 is 0 Å². The zero-order valence-electron chi connectivity index (χ0n) is 12.2. The molecule has 0 saturated carbocycles. The lowest BCUT2D eigenvalue weighted by Gasteiger charge is -2.37. The van der Waals surface area contributed by atoms with Crippen molar-refractivity contribution in [3.8, 4) is 0 Å². The Kier molecular flexibility index (Phi) is 3.58. The Morgan fingerprint density at radius 2 is 2.10 bits per heavy atom. The molecule has 1 aromatic carbocycles. The average Bonchev–Trinajstić information content (AvgIpc) is 3.20. The first-order chi connectivity index (χ1) is 10.4. The van der Waals surface area contributed by atoms with Crippen LogP contribution in [0.3, 0.4) is 0 Å². The van der Waals surface area contributed by atoms with E-state index in [0.717, 1.165) is 43.3 Å². The van der Waals surface area contributed by atoms with Gasteiger partial charge in [-0.2, -0.15) is 0 Å². The van der Waals surface area contributed by atoms with E-state index in [-0.39, 0.29) is 0 Å². The highest BCUT2D eigenvalue weighted by Gasteiger charge is 2.26. The molecule has 1 aromatic heterocycles. The van der Waals surface area contributed by atoms with Crippen molar-refractivity contribution in [3.05, 3.63) is 23.8 Å². The van der Waals surface area contributed by atoms with Crippen LogP contribution in [-0.2, 0) is 6.54 Å². The fourth-order valence-electron chi connectivity index (χ4n) is 3.47. The monoisotopic (exact) mass is 287 g/mol. The molecule has 0 bridgehead atoms. The molecule has 3 heterocycles. The van der Waals surface area contributed by atoms with Gasteiger partial charge < -0.3 is 5.32 Å². The molecule has 6 heteroatoms. The molecule has 0 amide bonds. The van der Waals surface area contributed by atoms with Crippen LogP contribution in [0.5, 0.6) is 0 Å². The summed E-state index contributed by atoms with van der Waals surface area (Å²) in [6.07, 6.45) is 1.30. The number of nitrogens with one attached hydrogen (secondary N) is 1. The molecule has 2 aromatic rings. The van der Waals surface area contributed by atoms with Crippen LogP contribution in [0.25, 0.3) is 11.0 Å². The number of fused-ring (bicyclic) bond motifs is 1. The predicted octanol–water partition coefficient (Wildman–Crippen LogP) is 0.702. The van der Waals surface area contributed by atoms with Crippen molar-refractivity contribution in [2.75, 3.05) is 39.3 Å². The minimum atomic E-state index is 0.746. The average molecular weight is 287 g/mol. The molecule has 21 heavy (non-hydrogen) atoms. The second kappa shape index (κ2) is 5.71. The van der Waals surface area contributed by atoms with Gasteiger partial charge in [-0.05, 0) is 34.9 Å². The van der Waals surface area contributed by atoms with Crippen LogP contribution in [0.2, 0.25) is 0 Å². The van der Waals surface area contributed by atoms with Crippen LogP contribution < -0.4 is 5.32 Å². The van der Waals surface area contributed by atoms with E-state index in [1.165, 1.54) is 31.6 Å². The molecule has 2 aliphatic heterocycles. The first-order valence-electron chi connectivity index (χ1n) is 7.77. The van der Waals surface area contributed by atoms with Crippen LogP contribution in [0.1, 0.15) is 12.0 Å². The van der Waals surface area contributed by atoms with Crippen molar-refractivity contribution < 1.29 is 4.63 Å². The van der Waals surface area contributed by atoms with Crippen molar-refractivity contribution in [2.24, 2.45) is 0 Å². The Labute approximate surface area is 124 Å². The number of hydrogen-bond acceptors (Lipinski definition) is 6. The highest BCUT2D eigenvalue weighted by atomic mass is 16.6. The second-order valence-corrected chi connectivity index (χ2v) is 6.01. The van der Waals surface area contributed by atoms with Crippen molar-refractivity contribution >= 4 is 11.0 Å². The van der Waals surface area contributed by atoms with E-state index in [9.17, 15) is 0 Å². The molecule has 112 valence electrons. The molecular weight excluding hydrogens is 266 g/mol. The van der Waals surface area contributed by atoms with E-state index in [4.69, 9.17) is 4.63 Å². The normalized spacial score (nSPS) is 24.9. The van der Waals surface area contributed by atoms with Crippen molar-refractivity contribution in [1.82, 2.24) is 25.4 Å². The zero-order valence-corrected chi connectivity index (χ0v) is 12.2. The predicted molar refractivity (Wildman–Crippen MR) is 79.9 cm³/mol. The van der Waals surface area contributed by atoms with Crippen molar-refractivity contribution in [3.63, 3.8) is 0 Å². The molecule has 2 aliphatic rings. The highest BCUT2D eigenvalue weighted by molar-refractivity contribution is 5.76. The number of nitrogens with zero attached hydrogens (tertiary/aromatic N) is 4. The molecule has 1 N–H and O–H groups in total. The molecule has 1 atom stereocenters. The Hall–Kier alpha value is -1.50.